The van der Waals surface area contributed by atoms with Gasteiger partial charge in [-0.25, -0.2) is 4.98 Å². The molecule has 1 N–H and O–H groups in total. The van der Waals surface area contributed by atoms with Gasteiger partial charge in [-0.1, -0.05) is 37.8 Å². The quantitative estimate of drug-likeness (QED) is 0.549. The van der Waals surface area contributed by atoms with Gasteiger partial charge in [-0.05, 0) is 81.0 Å². The summed E-state index contributed by atoms with van der Waals surface area (Å²) in [6, 6.07) is 13.4. The Balaban J connectivity index is 1.25. The standard InChI is InChI=1S/C30H36N4O2/c35-29-25(8-5-13-31-29)28-30(36)34(27-10-4-3-9-26(27)32-28)24-17-21-11-12-22(18-24)33(21)23-15-19-6-1-2-7-20(14-19)16-23/h3-5,8-10,13,19-24H,1-2,6-7,11-12,14-18H2,(H,31,35)/t19-,20+,21-,22+,23-,24-. The fraction of sp³-hybridized carbons (Fsp3) is 0.567. The SMILES string of the molecule is O=c1[nH]cccc1-c1nc2ccccc2n([C@@H]2C[C@H]3CC[C@@H](C2)N3[C@@H]2C[C@@H]3CCCC[C@@H](C3)C2)c1=O. The number of para-hydroxylation sites is 2. The van der Waals surface area contributed by atoms with Crippen molar-refractivity contribution in [3.8, 4) is 11.3 Å². The molecule has 7 rings (SSSR count). The van der Waals surface area contributed by atoms with Crippen molar-refractivity contribution in [2.24, 2.45) is 11.8 Å². The molecule has 2 aliphatic heterocycles. The van der Waals surface area contributed by atoms with Crippen LogP contribution in [0.4, 0.5) is 0 Å². The number of aromatic nitrogens is 3. The molecule has 0 amide bonds. The van der Waals surface area contributed by atoms with Gasteiger partial charge in [0.15, 0.2) is 0 Å². The number of piperidine rings is 1. The van der Waals surface area contributed by atoms with E-state index < -0.39 is 0 Å². The molecule has 4 aliphatic rings. The molecule has 4 bridgehead atoms. The molecule has 2 aliphatic carbocycles. The zero-order valence-corrected chi connectivity index (χ0v) is 20.9. The number of H-pyrrole nitrogens is 1. The molecule has 0 radical (unpaired) electrons. The van der Waals surface area contributed by atoms with Gasteiger partial charge in [0.05, 0.1) is 16.6 Å². The summed E-state index contributed by atoms with van der Waals surface area (Å²) in [5, 5.41) is 0. The first-order chi connectivity index (χ1) is 17.7. The van der Waals surface area contributed by atoms with Crippen LogP contribution in [0.3, 0.4) is 0 Å². The zero-order chi connectivity index (χ0) is 24.2. The fourth-order valence-electron chi connectivity index (χ4n) is 8.40. The van der Waals surface area contributed by atoms with Crippen molar-refractivity contribution in [1.29, 1.82) is 0 Å². The zero-order valence-electron chi connectivity index (χ0n) is 20.9. The molecule has 2 aromatic heterocycles. The molecule has 4 heterocycles. The summed E-state index contributed by atoms with van der Waals surface area (Å²) < 4.78 is 1.99. The van der Waals surface area contributed by atoms with Crippen LogP contribution in [0.25, 0.3) is 22.3 Å². The normalized spacial score (nSPS) is 32.4. The van der Waals surface area contributed by atoms with Crippen LogP contribution in [0.15, 0.2) is 52.2 Å². The highest BCUT2D eigenvalue weighted by atomic mass is 16.1. The van der Waals surface area contributed by atoms with E-state index >= 15 is 0 Å². The molecule has 6 heteroatoms. The molecule has 188 valence electrons. The van der Waals surface area contributed by atoms with E-state index in [-0.39, 0.29) is 22.9 Å². The van der Waals surface area contributed by atoms with Crippen molar-refractivity contribution in [1.82, 2.24) is 19.4 Å². The largest absolute Gasteiger partial charge is 0.329 e. The molecule has 6 atom stereocenters. The Kier molecular flexibility index (Phi) is 5.61. The Morgan fingerprint density at radius 1 is 0.750 bits per heavy atom. The van der Waals surface area contributed by atoms with Crippen molar-refractivity contribution in [2.45, 2.75) is 94.8 Å². The number of rotatable bonds is 3. The maximum Gasteiger partial charge on any atom is 0.278 e. The third-order valence-electron chi connectivity index (χ3n) is 9.77. The highest BCUT2D eigenvalue weighted by Crippen LogP contribution is 2.48. The summed E-state index contributed by atoms with van der Waals surface area (Å²) in [5.41, 5.74) is 1.89. The molecule has 36 heavy (non-hydrogen) atoms. The van der Waals surface area contributed by atoms with Crippen molar-refractivity contribution in [2.75, 3.05) is 0 Å². The van der Waals surface area contributed by atoms with Crippen molar-refractivity contribution in [3.05, 3.63) is 63.3 Å². The minimum absolute atomic E-state index is 0.132. The van der Waals surface area contributed by atoms with Crippen LogP contribution >= 0.6 is 0 Å². The van der Waals surface area contributed by atoms with Gasteiger partial charge < -0.3 is 9.55 Å². The van der Waals surface area contributed by atoms with E-state index in [9.17, 15) is 9.59 Å². The first-order valence-electron chi connectivity index (χ1n) is 14.1. The Bertz CT molecular complexity index is 1370. The van der Waals surface area contributed by atoms with Crippen LogP contribution in [-0.2, 0) is 0 Å². The van der Waals surface area contributed by atoms with Crippen LogP contribution in [0.2, 0.25) is 0 Å². The molecule has 0 spiro atoms. The first-order valence-corrected chi connectivity index (χ1v) is 14.1. The lowest BCUT2D eigenvalue weighted by Gasteiger charge is -2.48. The van der Waals surface area contributed by atoms with Gasteiger partial charge in [0.1, 0.15) is 5.69 Å². The maximum absolute atomic E-state index is 14.0. The van der Waals surface area contributed by atoms with Gasteiger partial charge in [-0.3, -0.25) is 14.5 Å². The van der Waals surface area contributed by atoms with Gasteiger partial charge in [0, 0.05) is 30.4 Å². The number of nitrogens with zero attached hydrogens (tertiary/aromatic N) is 3. The molecule has 3 aromatic rings. The Morgan fingerprint density at radius 2 is 1.47 bits per heavy atom. The molecule has 2 saturated carbocycles. The number of hydrogen-bond acceptors (Lipinski definition) is 4. The smallest absolute Gasteiger partial charge is 0.278 e. The highest BCUT2D eigenvalue weighted by molar-refractivity contribution is 5.77. The summed E-state index contributed by atoms with van der Waals surface area (Å²) in [6.07, 6.45) is 16.1. The van der Waals surface area contributed by atoms with Gasteiger partial charge in [-0.15, -0.1) is 0 Å². The second kappa shape index (κ2) is 8.98. The van der Waals surface area contributed by atoms with Crippen LogP contribution in [0.1, 0.15) is 76.7 Å². The lowest BCUT2D eigenvalue weighted by atomic mass is 9.76. The first kappa shape index (κ1) is 22.5. The van der Waals surface area contributed by atoms with Crippen molar-refractivity contribution in [3.63, 3.8) is 0 Å². The molecular weight excluding hydrogens is 448 g/mol. The number of hydrogen-bond donors (Lipinski definition) is 1. The van der Waals surface area contributed by atoms with Crippen molar-refractivity contribution >= 4 is 11.0 Å². The summed E-state index contributed by atoms with van der Waals surface area (Å²) in [4.78, 5) is 36.8. The van der Waals surface area contributed by atoms with E-state index in [1.165, 1.54) is 57.8 Å². The van der Waals surface area contributed by atoms with Crippen LogP contribution in [0, 0.1) is 11.8 Å². The summed E-state index contributed by atoms with van der Waals surface area (Å²) in [7, 11) is 0. The predicted octanol–water partition coefficient (Wildman–Crippen LogP) is 5.28. The van der Waals surface area contributed by atoms with Crippen LogP contribution in [0.5, 0.6) is 0 Å². The number of pyridine rings is 1. The number of aromatic amines is 1. The molecule has 0 unspecified atom stereocenters. The van der Waals surface area contributed by atoms with Gasteiger partial charge in [0.2, 0.25) is 0 Å². The average molecular weight is 485 g/mol. The molecule has 1 aromatic carbocycles. The molecule has 4 fully saturated rings. The van der Waals surface area contributed by atoms with Gasteiger partial charge in [-0.2, -0.15) is 0 Å². The van der Waals surface area contributed by atoms with E-state index in [0.717, 1.165) is 41.8 Å². The Labute approximate surface area is 211 Å². The van der Waals surface area contributed by atoms with E-state index in [2.05, 4.69) is 14.9 Å². The van der Waals surface area contributed by atoms with Gasteiger partial charge >= 0.3 is 0 Å². The lowest BCUT2D eigenvalue weighted by molar-refractivity contribution is 0.0204. The van der Waals surface area contributed by atoms with E-state index in [1.54, 1.807) is 18.3 Å². The monoisotopic (exact) mass is 484 g/mol. The second-order valence-electron chi connectivity index (χ2n) is 11.9. The Hall–Kier alpha value is -2.73. The van der Waals surface area contributed by atoms with E-state index in [1.807, 2.05) is 28.8 Å². The second-order valence-corrected chi connectivity index (χ2v) is 11.9. The minimum Gasteiger partial charge on any atom is -0.329 e. The summed E-state index contributed by atoms with van der Waals surface area (Å²) in [6.45, 7) is 0. The third kappa shape index (κ3) is 3.76. The lowest BCUT2D eigenvalue weighted by Crippen LogP contribution is -2.52. The maximum atomic E-state index is 14.0. The van der Waals surface area contributed by atoms with Crippen LogP contribution in [-0.4, -0.2) is 37.6 Å². The van der Waals surface area contributed by atoms with E-state index in [4.69, 9.17) is 0 Å². The average Bonchev–Trinajstić information content (AvgIpc) is 3.04. The topological polar surface area (TPSA) is 71.0 Å². The number of fused-ring (bicyclic) bond motifs is 5. The summed E-state index contributed by atoms with van der Waals surface area (Å²) in [5.74, 6) is 1.85. The third-order valence-corrected chi connectivity index (χ3v) is 9.77. The Morgan fingerprint density at radius 3 is 2.19 bits per heavy atom. The number of benzene rings is 1. The molecule has 6 nitrogen and oxygen atoms in total. The van der Waals surface area contributed by atoms with Crippen molar-refractivity contribution < 1.29 is 0 Å². The van der Waals surface area contributed by atoms with Crippen LogP contribution < -0.4 is 11.1 Å². The molecule has 2 saturated heterocycles. The molecular formula is C30H36N4O2. The number of nitrogens with one attached hydrogen (secondary N) is 1. The van der Waals surface area contributed by atoms with E-state index in [0.29, 0.717) is 17.6 Å². The highest BCUT2D eigenvalue weighted by Gasteiger charge is 2.47. The predicted molar refractivity (Wildman–Crippen MR) is 142 cm³/mol. The van der Waals surface area contributed by atoms with Gasteiger partial charge in [0.25, 0.3) is 11.1 Å². The summed E-state index contributed by atoms with van der Waals surface area (Å²) >= 11 is 0. The minimum atomic E-state index is -0.266. The fourth-order valence-corrected chi connectivity index (χ4v) is 8.40.